The number of rotatable bonds is 3. The van der Waals surface area contributed by atoms with Gasteiger partial charge in [-0.3, -0.25) is 4.90 Å². The van der Waals surface area contributed by atoms with Crippen LogP contribution in [0.3, 0.4) is 0 Å². The van der Waals surface area contributed by atoms with Crippen LogP contribution >= 0.6 is 11.3 Å². The minimum absolute atomic E-state index is 0.223. The zero-order valence-corrected chi connectivity index (χ0v) is 10.4. The van der Waals surface area contributed by atoms with Gasteiger partial charge in [-0.05, 0) is 51.9 Å². The average Bonchev–Trinajstić information content (AvgIpc) is 2.77. The lowest BCUT2D eigenvalue weighted by Crippen LogP contribution is -2.37. The van der Waals surface area contributed by atoms with E-state index in [2.05, 4.69) is 30.9 Å². The second kappa shape index (κ2) is 4.64. The van der Waals surface area contributed by atoms with Crippen LogP contribution in [0.5, 0.6) is 0 Å². The highest BCUT2D eigenvalue weighted by Gasteiger charge is 2.27. The summed E-state index contributed by atoms with van der Waals surface area (Å²) in [6.45, 7) is 6.71. The van der Waals surface area contributed by atoms with Crippen molar-refractivity contribution in [3.05, 3.63) is 21.9 Å². The van der Waals surface area contributed by atoms with E-state index in [4.69, 9.17) is 5.73 Å². The molecule has 0 radical (unpaired) electrons. The maximum absolute atomic E-state index is 6.12. The van der Waals surface area contributed by atoms with E-state index in [0.717, 1.165) is 0 Å². The van der Waals surface area contributed by atoms with E-state index in [-0.39, 0.29) is 6.04 Å². The van der Waals surface area contributed by atoms with Gasteiger partial charge in [-0.1, -0.05) is 0 Å². The zero-order chi connectivity index (χ0) is 10.8. The van der Waals surface area contributed by atoms with Gasteiger partial charge in [-0.25, -0.2) is 0 Å². The van der Waals surface area contributed by atoms with Crippen LogP contribution in [0.25, 0.3) is 0 Å². The van der Waals surface area contributed by atoms with Crippen molar-refractivity contribution in [1.29, 1.82) is 0 Å². The molecule has 84 valence electrons. The molecule has 15 heavy (non-hydrogen) atoms. The van der Waals surface area contributed by atoms with E-state index in [9.17, 15) is 0 Å². The molecule has 0 spiro atoms. The van der Waals surface area contributed by atoms with E-state index in [1.165, 1.54) is 35.7 Å². The van der Waals surface area contributed by atoms with E-state index in [0.29, 0.717) is 6.04 Å². The summed E-state index contributed by atoms with van der Waals surface area (Å²) in [7, 11) is 0. The van der Waals surface area contributed by atoms with Crippen molar-refractivity contribution < 1.29 is 0 Å². The van der Waals surface area contributed by atoms with Crippen molar-refractivity contribution in [2.75, 3.05) is 13.1 Å². The molecule has 2 rings (SSSR count). The molecule has 0 bridgehead atoms. The number of thiophene rings is 1. The Balaban J connectivity index is 2.18. The Morgan fingerprint density at radius 2 is 2.00 bits per heavy atom. The van der Waals surface area contributed by atoms with Gasteiger partial charge in [0.25, 0.3) is 0 Å². The summed E-state index contributed by atoms with van der Waals surface area (Å²) in [6.07, 6.45) is 2.65. The molecule has 1 saturated heterocycles. The average molecular weight is 224 g/mol. The molecule has 0 amide bonds. The Hall–Kier alpha value is -0.380. The van der Waals surface area contributed by atoms with Crippen LogP contribution < -0.4 is 5.73 Å². The molecule has 1 aromatic heterocycles. The van der Waals surface area contributed by atoms with Gasteiger partial charge in [0.05, 0.1) is 6.04 Å². The molecule has 0 saturated carbocycles. The Labute approximate surface area is 96.1 Å². The highest BCUT2D eigenvalue weighted by Crippen LogP contribution is 2.31. The third-order valence-electron chi connectivity index (χ3n) is 3.08. The van der Waals surface area contributed by atoms with E-state index in [1.54, 1.807) is 0 Å². The molecule has 1 fully saturated rings. The van der Waals surface area contributed by atoms with Crippen molar-refractivity contribution >= 4 is 11.3 Å². The molecular formula is C12H20N2S. The van der Waals surface area contributed by atoms with Crippen LogP contribution in [0.4, 0.5) is 0 Å². The summed E-state index contributed by atoms with van der Waals surface area (Å²) in [5.41, 5.74) is 6.12. The van der Waals surface area contributed by atoms with Crippen molar-refractivity contribution in [3.63, 3.8) is 0 Å². The fourth-order valence-electron chi connectivity index (χ4n) is 2.40. The highest BCUT2D eigenvalue weighted by molar-refractivity contribution is 7.12. The molecule has 2 unspecified atom stereocenters. The van der Waals surface area contributed by atoms with Crippen LogP contribution in [0.15, 0.2) is 12.1 Å². The predicted octanol–water partition coefficient (Wildman–Crippen LogP) is 2.54. The summed E-state index contributed by atoms with van der Waals surface area (Å²) in [5, 5.41) is 0. The summed E-state index contributed by atoms with van der Waals surface area (Å²) in [5.74, 6) is 0. The summed E-state index contributed by atoms with van der Waals surface area (Å²) < 4.78 is 0. The first-order chi connectivity index (χ1) is 7.18. The van der Waals surface area contributed by atoms with Crippen molar-refractivity contribution in [3.8, 4) is 0 Å². The molecule has 2 atom stereocenters. The van der Waals surface area contributed by atoms with Crippen LogP contribution in [-0.4, -0.2) is 24.0 Å². The quantitative estimate of drug-likeness (QED) is 0.855. The Morgan fingerprint density at radius 1 is 1.33 bits per heavy atom. The topological polar surface area (TPSA) is 29.3 Å². The van der Waals surface area contributed by atoms with Crippen LogP contribution in [0, 0.1) is 6.92 Å². The van der Waals surface area contributed by atoms with Gasteiger partial charge in [0.1, 0.15) is 0 Å². The van der Waals surface area contributed by atoms with E-state index in [1.807, 2.05) is 11.3 Å². The van der Waals surface area contributed by atoms with Gasteiger partial charge >= 0.3 is 0 Å². The van der Waals surface area contributed by atoms with Gasteiger partial charge < -0.3 is 5.73 Å². The fraction of sp³-hybridized carbons (Fsp3) is 0.667. The van der Waals surface area contributed by atoms with Gasteiger partial charge in [-0.15, -0.1) is 11.3 Å². The number of aryl methyl sites for hydroxylation is 1. The lowest BCUT2D eigenvalue weighted by molar-refractivity contribution is 0.222. The molecular weight excluding hydrogens is 204 g/mol. The maximum Gasteiger partial charge on any atom is 0.0590 e. The standard InChI is InChI=1S/C12H20N2S/c1-9-5-6-11(15-9)12(10(2)13)14-7-3-4-8-14/h5-6,10,12H,3-4,7-8,13H2,1-2H3. The predicted molar refractivity (Wildman–Crippen MR) is 66.3 cm³/mol. The molecule has 2 heterocycles. The number of nitrogens with two attached hydrogens (primary N) is 1. The highest BCUT2D eigenvalue weighted by atomic mass is 32.1. The summed E-state index contributed by atoms with van der Waals surface area (Å²) in [6, 6.07) is 5.10. The molecule has 1 aliphatic heterocycles. The minimum atomic E-state index is 0.223. The lowest BCUT2D eigenvalue weighted by atomic mass is 10.1. The van der Waals surface area contributed by atoms with Crippen LogP contribution in [-0.2, 0) is 0 Å². The van der Waals surface area contributed by atoms with Gasteiger partial charge in [0.2, 0.25) is 0 Å². The zero-order valence-electron chi connectivity index (χ0n) is 9.57. The van der Waals surface area contributed by atoms with Crippen LogP contribution in [0.1, 0.15) is 35.6 Å². The first-order valence-electron chi connectivity index (χ1n) is 5.74. The molecule has 2 nitrogen and oxygen atoms in total. The number of likely N-dealkylation sites (tertiary alicyclic amines) is 1. The monoisotopic (exact) mass is 224 g/mol. The molecule has 0 aromatic carbocycles. The normalized spacial score (nSPS) is 21.8. The minimum Gasteiger partial charge on any atom is -0.326 e. The molecule has 0 aliphatic carbocycles. The Bertz CT molecular complexity index is 313. The van der Waals surface area contributed by atoms with Crippen molar-refractivity contribution in [1.82, 2.24) is 4.90 Å². The van der Waals surface area contributed by atoms with Gasteiger partial charge in [0.15, 0.2) is 0 Å². The second-order valence-electron chi connectivity index (χ2n) is 4.50. The Morgan fingerprint density at radius 3 is 2.47 bits per heavy atom. The maximum atomic E-state index is 6.12. The third-order valence-corrected chi connectivity index (χ3v) is 4.16. The van der Waals surface area contributed by atoms with Crippen LogP contribution in [0.2, 0.25) is 0 Å². The molecule has 1 aromatic rings. The first-order valence-corrected chi connectivity index (χ1v) is 6.56. The van der Waals surface area contributed by atoms with Crippen molar-refractivity contribution in [2.45, 2.75) is 38.8 Å². The summed E-state index contributed by atoms with van der Waals surface area (Å²) >= 11 is 1.89. The van der Waals surface area contributed by atoms with Crippen molar-refractivity contribution in [2.24, 2.45) is 5.73 Å². The Kier molecular flexibility index (Phi) is 3.44. The smallest absolute Gasteiger partial charge is 0.0590 e. The lowest BCUT2D eigenvalue weighted by Gasteiger charge is -2.29. The third kappa shape index (κ3) is 2.41. The first kappa shape index (κ1) is 11.1. The van der Waals surface area contributed by atoms with E-state index >= 15 is 0 Å². The molecule has 3 heteroatoms. The van der Waals surface area contributed by atoms with Gasteiger partial charge in [0, 0.05) is 15.8 Å². The second-order valence-corrected chi connectivity index (χ2v) is 5.81. The number of nitrogens with zero attached hydrogens (tertiary/aromatic N) is 1. The largest absolute Gasteiger partial charge is 0.326 e. The molecule has 2 N–H and O–H groups in total. The molecule has 1 aliphatic rings. The SMILES string of the molecule is Cc1ccc(C(C(C)N)N2CCCC2)s1. The summed E-state index contributed by atoms with van der Waals surface area (Å²) in [4.78, 5) is 5.36. The number of hydrogen-bond donors (Lipinski definition) is 1. The van der Waals surface area contributed by atoms with Gasteiger partial charge in [-0.2, -0.15) is 0 Å². The van der Waals surface area contributed by atoms with E-state index < -0.39 is 0 Å². The fourth-order valence-corrected chi connectivity index (χ4v) is 3.53. The number of hydrogen-bond acceptors (Lipinski definition) is 3.